The number of aromatic nitrogens is 2. The van der Waals surface area contributed by atoms with Crippen LogP contribution in [0.3, 0.4) is 0 Å². The lowest BCUT2D eigenvalue weighted by Gasteiger charge is -2.07. The van der Waals surface area contributed by atoms with Crippen molar-refractivity contribution in [2.24, 2.45) is 5.73 Å². The van der Waals surface area contributed by atoms with E-state index in [4.69, 9.17) is 10.5 Å². The molecule has 0 saturated carbocycles. The predicted octanol–water partition coefficient (Wildman–Crippen LogP) is 2.29. The van der Waals surface area contributed by atoms with Crippen LogP contribution in [0.4, 0.5) is 13.2 Å². The predicted molar refractivity (Wildman–Crippen MR) is 67.3 cm³/mol. The van der Waals surface area contributed by atoms with Crippen molar-refractivity contribution in [1.29, 1.82) is 0 Å². The van der Waals surface area contributed by atoms with E-state index in [2.05, 4.69) is 5.10 Å². The Bertz CT molecular complexity index is 549. The van der Waals surface area contributed by atoms with Crippen molar-refractivity contribution in [3.63, 3.8) is 0 Å². The fourth-order valence-corrected chi connectivity index (χ4v) is 1.67. The zero-order chi connectivity index (χ0) is 14.6. The lowest BCUT2D eigenvalue weighted by molar-refractivity contribution is -0.137. The van der Waals surface area contributed by atoms with Gasteiger partial charge in [-0.25, -0.2) is 0 Å². The van der Waals surface area contributed by atoms with Gasteiger partial charge in [-0.3, -0.25) is 4.68 Å². The number of hydrogen-bond donors (Lipinski definition) is 1. The zero-order valence-corrected chi connectivity index (χ0v) is 10.6. The molecule has 2 rings (SSSR count). The number of halogens is 3. The van der Waals surface area contributed by atoms with Crippen molar-refractivity contribution in [3.05, 3.63) is 47.8 Å². The van der Waals surface area contributed by atoms with Crippen LogP contribution in [0.2, 0.25) is 0 Å². The molecule has 0 aliphatic carbocycles. The van der Waals surface area contributed by atoms with Gasteiger partial charge in [0.15, 0.2) is 5.75 Å². The van der Waals surface area contributed by atoms with Crippen molar-refractivity contribution < 1.29 is 17.9 Å². The SMILES string of the molecule is NCCOc1cnn(Cc2ccc(C(F)(F)F)cc2)c1. The Labute approximate surface area is 114 Å². The molecule has 0 spiro atoms. The average molecular weight is 285 g/mol. The first-order valence-corrected chi connectivity index (χ1v) is 6.00. The van der Waals surface area contributed by atoms with E-state index in [9.17, 15) is 13.2 Å². The fraction of sp³-hybridized carbons (Fsp3) is 0.308. The highest BCUT2D eigenvalue weighted by molar-refractivity contribution is 5.25. The number of hydrogen-bond acceptors (Lipinski definition) is 3. The van der Waals surface area contributed by atoms with Gasteiger partial charge in [0.1, 0.15) is 6.61 Å². The number of rotatable bonds is 5. The second-order valence-electron chi connectivity index (χ2n) is 4.21. The molecule has 0 atom stereocenters. The van der Waals surface area contributed by atoms with Crippen molar-refractivity contribution >= 4 is 0 Å². The third kappa shape index (κ3) is 3.74. The standard InChI is InChI=1S/C13H14F3N3O/c14-13(15,16)11-3-1-10(2-4-11)8-19-9-12(7-18-19)20-6-5-17/h1-4,7,9H,5-6,8,17H2. The molecule has 0 amide bonds. The molecule has 0 aliphatic heterocycles. The van der Waals surface area contributed by atoms with Crippen LogP contribution in [-0.2, 0) is 12.7 Å². The quantitative estimate of drug-likeness (QED) is 0.917. The Hall–Kier alpha value is -2.02. The van der Waals surface area contributed by atoms with E-state index in [0.29, 0.717) is 25.4 Å². The Balaban J connectivity index is 2.01. The van der Waals surface area contributed by atoms with Crippen LogP contribution in [0, 0.1) is 0 Å². The largest absolute Gasteiger partial charge is 0.489 e. The Morgan fingerprint density at radius 1 is 1.20 bits per heavy atom. The molecule has 1 aromatic carbocycles. The summed E-state index contributed by atoms with van der Waals surface area (Å²) in [4.78, 5) is 0. The lowest BCUT2D eigenvalue weighted by Crippen LogP contribution is -2.10. The van der Waals surface area contributed by atoms with E-state index >= 15 is 0 Å². The molecule has 0 fully saturated rings. The first kappa shape index (κ1) is 14.4. The van der Waals surface area contributed by atoms with Gasteiger partial charge in [0.2, 0.25) is 0 Å². The molecule has 0 radical (unpaired) electrons. The van der Waals surface area contributed by atoms with E-state index < -0.39 is 11.7 Å². The van der Waals surface area contributed by atoms with Crippen molar-refractivity contribution in [1.82, 2.24) is 9.78 Å². The summed E-state index contributed by atoms with van der Waals surface area (Å²) < 4.78 is 44.1. The first-order valence-electron chi connectivity index (χ1n) is 6.00. The summed E-state index contributed by atoms with van der Waals surface area (Å²) in [5.41, 5.74) is 5.38. The van der Waals surface area contributed by atoms with Crippen molar-refractivity contribution in [2.45, 2.75) is 12.7 Å². The third-order valence-corrected chi connectivity index (χ3v) is 2.62. The van der Waals surface area contributed by atoms with Gasteiger partial charge in [-0.2, -0.15) is 18.3 Å². The summed E-state index contributed by atoms with van der Waals surface area (Å²) in [6.45, 7) is 1.18. The van der Waals surface area contributed by atoms with E-state index in [-0.39, 0.29) is 0 Å². The van der Waals surface area contributed by atoms with Crippen molar-refractivity contribution in [3.8, 4) is 5.75 Å². The molecule has 2 N–H and O–H groups in total. The minimum atomic E-state index is -4.31. The maximum atomic E-state index is 12.4. The van der Waals surface area contributed by atoms with Gasteiger partial charge >= 0.3 is 6.18 Å². The van der Waals surface area contributed by atoms with Gasteiger partial charge in [0.25, 0.3) is 0 Å². The molecule has 7 heteroatoms. The van der Waals surface area contributed by atoms with Gasteiger partial charge in [0.05, 0.1) is 24.5 Å². The molecule has 0 aliphatic rings. The summed E-state index contributed by atoms with van der Waals surface area (Å²) in [6.07, 6.45) is -1.10. The number of nitrogens with two attached hydrogens (primary N) is 1. The van der Waals surface area contributed by atoms with Gasteiger partial charge < -0.3 is 10.5 Å². The maximum Gasteiger partial charge on any atom is 0.416 e. The van der Waals surface area contributed by atoms with E-state index in [0.717, 1.165) is 17.7 Å². The molecule has 20 heavy (non-hydrogen) atoms. The Morgan fingerprint density at radius 3 is 2.50 bits per heavy atom. The highest BCUT2D eigenvalue weighted by Crippen LogP contribution is 2.29. The van der Waals surface area contributed by atoms with Crippen LogP contribution >= 0.6 is 0 Å². The van der Waals surface area contributed by atoms with Gasteiger partial charge in [0, 0.05) is 6.54 Å². The molecule has 2 aromatic rings. The monoisotopic (exact) mass is 285 g/mol. The fourth-order valence-electron chi connectivity index (χ4n) is 1.67. The Morgan fingerprint density at radius 2 is 1.90 bits per heavy atom. The number of benzene rings is 1. The van der Waals surface area contributed by atoms with Crippen LogP contribution in [0.1, 0.15) is 11.1 Å². The van der Waals surface area contributed by atoms with Crippen LogP contribution in [0.5, 0.6) is 5.75 Å². The molecule has 0 saturated heterocycles. The molecular weight excluding hydrogens is 271 g/mol. The highest BCUT2D eigenvalue weighted by atomic mass is 19.4. The van der Waals surface area contributed by atoms with Gasteiger partial charge in [-0.05, 0) is 17.7 Å². The maximum absolute atomic E-state index is 12.4. The molecule has 0 unspecified atom stereocenters. The second-order valence-corrected chi connectivity index (χ2v) is 4.21. The average Bonchev–Trinajstić information content (AvgIpc) is 2.83. The molecule has 0 bridgehead atoms. The highest BCUT2D eigenvalue weighted by Gasteiger charge is 2.29. The zero-order valence-electron chi connectivity index (χ0n) is 10.6. The Kier molecular flexibility index (Phi) is 4.29. The molecule has 4 nitrogen and oxygen atoms in total. The second kappa shape index (κ2) is 5.96. The molecular formula is C13H14F3N3O. The number of alkyl halides is 3. The van der Waals surface area contributed by atoms with Crippen molar-refractivity contribution in [2.75, 3.05) is 13.2 Å². The van der Waals surface area contributed by atoms with E-state index in [1.165, 1.54) is 12.1 Å². The topological polar surface area (TPSA) is 53.1 Å². The summed E-state index contributed by atoms with van der Waals surface area (Å²) >= 11 is 0. The number of ether oxygens (including phenoxy) is 1. The first-order chi connectivity index (χ1) is 9.49. The normalized spacial score (nSPS) is 11.6. The summed E-state index contributed by atoms with van der Waals surface area (Å²) in [5, 5.41) is 4.06. The molecule has 108 valence electrons. The minimum Gasteiger partial charge on any atom is -0.489 e. The summed E-state index contributed by atoms with van der Waals surface area (Å²) in [5.74, 6) is 0.586. The lowest BCUT2D eigenvalue weighted by atomic mass is 10.1. The number of nitrogens with zero attached hydrogens (tertiary/aromatic N) is 2. The van der Waals surface area contributed by atoms with Gasteiger partial charge in [-0.1, -0.05) is 12.1 Å². The summed E-state index contributed by atoms with van der Waals surface area (Å²) in [7, 11) is 0. The van der Waals surface area contributed by atoms with E-state index in [1.807, 2.05) is 0 Å². The van der Waals surface area contributed by atoms with Crippen LogP contribution < -0.4 is 10.5 Å². The molecule has 1 aromatic heterocycles. The van der Waals surface area contributed by atoms with Crippen LogP contribution in [0.15, 0.2) is 36.7 Å². The third-order valence-electron chi connectivity index (χ3n) is 2.62. The van der Waals surface area contributed by atoms with Crippen LogP contribution in [0.25, 0.3) is 0 Å². The molecule has 1 heterocycles. The van der Waals surface area contributed by atoms with Crippen LogP contribution in [-0.4, -0.2) is 22.9 Å². The van der Waals surface area contributed by atoms with Gasteiger partial charge in [-0.15, -0.1) is 0 Å². The van der Waals surface area contributed by atoms with E-state index in [1.54, 1.807) is 17.1 Å². The summed E-state index contributed by atoms with van der Waals surface area (Å²) in [6, 6.07) is 4.99. The minimum absolute atomic E-state index is 0.379. The smallest absolute Gasteiger partial charge is 0.416 e.